The highest BCUT2D eigenvalue weighted by Gasteiger charge is 2.54. The molecule has 2 rings (SSSR count). The zero-order valence-corrected chi connectivity index (χ0v) is 8.21. The van der Waals surface area contributed by atoms with Gasteiger partial charge in [-0.25, -0.2) is 8.78 Å². The number of halogens is 2. The predicted octanol–water partition coefficient (Wildman–Crippen LogP) is 1.39. The van der Waals surface area contributed by atoms with E-state index in [0.29, 0.717) is 18.5 Å². The maximum absolute atomic E-state index is 13.4. The quantitative estimate of drug-likeness (QED) is 0.797. The van der Waals surface area contributed by atoms with Crippen LogP contribution in [0.1, 0.15) is 17.9 Å². The topological polar surface area (TPSA) is 46.2 Å². The third-order valence-electron chi connectivity index (χ3n) is 3.24. The van der Waals surface area contributed by atoms with Gasteiger partial charge < -0.3 is 10.8 Å². The summed E-state index contributed by atoms with van der Waals surface area (Å²) < 4.78 is 26.3. The molecular weight excluding hydrogens is 200 g/mol. The van der Waals surface area contributed by atoms with Crippen LogP contribution < -0.4 is 5.73 Å². The van der Waals surface area contributed by atoms with Crippen molar-refractivity contribution in [3.63, 3.8) is 0 Å². The number of hydrogen-bond acceptors (Lipinski definition) is 2. The summed E-state index contributed by atoms with van der Waals surface area (Å²) in [5.41, 5.74) is 5.41. The fourth-order valence-corrected chi connectivity index (χ4v) is 2.03. The van der Waals surface area contributed by atoms with Gasteiger partial charge in [0, 0.05) is 12.0 Å². The van der Waals surface area contributed by atoms with Crippen LogP contribution in [-0.4, -0.2) is 18.3 Å². The van der Waals surface area contributed by atoms with Crippen molar-refractivity contribution in [2.45, 2.75) is 12.3 Å². The van der Waals surface area contributed by atoms with E-state index in [4.69, 9.17) is 10.8 Å². The lowest BCUT2D eigenvalue weighted by Gasteiger charge is -2.11. The van der Waals surface area contributed by atoms with Crippen LogP contribution >= 0.6 is 0 Å². The molecule has 82 valence electrons. The molecule has 0 aliphatic heterocycles. The number of aliphatic hydroxyl groups is 1. The summed E-state index contributed by atoms with van der Waals surface area (Å²) in [5.74, 6) is -1.03. The molecule has 0 bridgehead atoms. The largest absolute Gasteiger partial charge is 0.396 e. The Kier molecular flexibility index (Phi) is 2.48. The van der Waals surface area contributed by atoms with Gasteiger partial charge >= 0.3 is 0 Å². The van der Waals surface area contributed by atoms with Gasteiger partial charge in [0.05, 0.1) is 6.61 Å². The van der Waals surface area contributed by atoms with E-state index in [1.54, 1.807) is 0 Å². The summed E-state index contributed by atoms with van der Waals surface area (Å²) in [5, 5.41) is 9.15. The lowest BCUT2D eigenvalue weighted by molar-refractivity contribution is 0.211. The van der Waals surface area contributed by atoms with E-state index >= 15 is 0 Å². The SMILES string of the molecule is NC[C@@]1(CO)C[C@H]1c1cc(F)ccc1F. The molecule has 1 saturated carbocycles. The second kappa shape index (κ2) is 3.54. The molecule has 4 heteroatoms. The van der Waals surface area contributed by atoms with Crippen LogP contribution in [0.4, 0.5) is 8.78 Å². The van der Waals surface area contributed by atoms with Gasteiger partial charge in [-0.15, -0.1) is 0 Å². The van der Waals surface area contributed by atoms with Gasteiger partial charge in [0.1, 0.15) is 11.6 Å². The molecule has 1 aromatic carbocycles. The fraction of sp³-hybridized carbons (Fsp3) is 0.455. The van der Waals surface area contributed by atoms with Crippen LogP contribution in [0.5, 0.6) is 0 Å². The first-order valence-electron chi connectivity index (χ1n) is 4.89. The Morgan fingerprint density at radius 2 is 2.20 bits per heavy atom. The molecule has 0 amide bonds. The van der Waals surface area contributed by atoms with Crippen molar-refractivity contribution in [2.24, 2.45) is 11.1 Å². The van der Waals surface area contributed by atoms with Crippen LogP contribution in [0.25, 0.3) is 0 Å². The Hall–Kier alpha value is -1.00. The smallest absolute Gasteiger partial charge is 0.126 e. The zero-order valence-electron chi connectivity index (χ0n) is 8.21. The first-order chi connectivity index (χ1) is 7.13. The van der Waals surface area contributed by atoms with Crippen molar-refractivity contribution >= 4 is 0 Å². The number of benzene rings is 1. The van der Waals surface area contributed by atoms with Crippen LogP contribution in [0.15, 0.2) is 18.2 Å². The lowest BCUT2D eigenvalue weighted by Crippen LogP contribution is -2.21. The van der Waals surface area contributed by atoms with Gasteiger partial charge in [0.2, 0.25) is 0 Å². The summed E-state index contributed by atoms with van der Waals surface area (Å²) in [7, 11) is 0. The number of nitrogens with two attached hydrogens (primary N) is 1. The van der Waals surface area contributed by atoms with Crippen molar-refractivity contribution in [3.8, 4) is 0 Å². The molecule has 1 aromatic rings. The third kappa shape index (κ3) is 1.64. The molecule has 1 aliphatic rings. The Morgan fingerprint density at radius 1 is 1.47 bits per heavy atom. The number of rotatable bonds is 3. The van der Waals surface area contributed by atoms with Crippen molar-refractivity contribution < 1.29 is 13.9 Å². The molecular formula is C11H13F2NO. The molecule has 2 nitrogen and oxygen atoms in total. The molecule has 0 spiro atoms. The van der Waals surface area contributed by atoms with Crippen LogP contribution in [0.3, 0.4) is 0 Å². The highest BCUT2D eigenvalue weighted by molar-refractivity contribution is 5.32. The second-order valence-corrected chi connectivity index (χ2v) is 4.15. The molecule has 0 unspecified atom stereocenters. The van der Waals surface area contributed by atoms with Crippen molar-refractivity contribution in [3.05, 3.63) is 35.4 Å². The minimum Gasteiger partial charge on any atom is -0.396 e. The Balaban J connectivity index is 2.29. The normalized spacial score (nSPS) is 29.2. The third-order valence-corrected chi connectivity index (χ3v) is 3.24. The number of aliphatic hydroxyl groups excluding tert-OH is 1. The molecule has 0 radical (unpaired) electrons. The minimum atomic E-state index is -0.456. The van der Waals surface area contributed by atoms with E-state index in [1.807, 2.05) is 0 Å². The van der Waals surface area contributed by atoms with Crippen molar-refractivity contribution in [1.29, 1.82) is 0 Å². The number of hydrogen-bond donors (Lipinski definition) is 2. The van der Waals surface area contributed by atoms with Crippen LogP contribution in [-0.2, 0) is 0 Å². The van der Waals surface area contributed by atoms with E-state index in [9.17, 15) is 8.78 Å². The zero-order chi connectivity index (χ0) is 11.1. The van der Waals surface area contributed by atoms with E-state index in [1.165, 1.54) is 6.07 Å². The average molecular weight is 213 g/mol. The van der Waals surface area contributed by atoms with Gasteiger partial charge in [0.15, 0.2) is 0 Å². The Bertz CT molecular complexity index is 377. The molecule has 1 aliphatic carbocycles. The Morgan fingerprint density at radius 3 is 2.73 bits per heavy atom. The molecule has 2 atom stereocenters. The van der Waals surface area contributed by atoms with Gasteiger partial charge in [0.25, 0.3) is 0 Å². The monoisotopic (exact) mass is 213 g/mol. The van der Waals surface area contributed by atoms with E-state index < -0.39 is 17.0 Å². The average Bonchev–Trinajstić information content (AvgIpc) is 2.97. The van der Waals surface area contributed by atoms with Crippen LogP contribution in [0.2, 0.25) is 0 Å². The van der Waals surface area contributed by atoms with Gasteiger partial charge in [-0.2, -0.15) is 0 Å². The van der Waals surface area contributed by atoms with Gasteiger partial charge in [-0.05, 0) is 36.1 Å². The maximum Gasteiger partial charge on any atom is 0.126 e. The second-order valence-electron chi connectivity index (χ2n) is 4.15. The summed E-state index contributed by atoms with van der Waals surface area (Å²) in [6, 6.07) is 3.39. The first-order valence-corrected chi connectivity index (χ1v) is 4.89. The fourth-order valence-electron chi connectivity index (χ4n) is 2.03. The van der Waals surface area contributed by atoms with E-state index in [0.717, 1.165) is 12.1 Å². The van der Waals surface area contributed by atoms with Gasteiger partial charge in [-0.3, -0.25) is 0 Å². The van der Waals surface area contributed by atoms with Crippen molar-refractivity contribution in [2.75, 3.05) is 13.2 Å². The highest BCUT2D eigenvalue weighted by Crippen LogP contribution is 2.58. The first kappa shape index (κ1) is 10.5. The molecule has 0 saturated heterocycles. The molecule has 1 fully saturated rings. The highest BCUT2D eigenvalue weighted by atomic mass is 19.1. The summed E-state index contributed by atoms with van der Waals surface area (Å²) in [4.78, 5) is 0. The molecule has 15 heavy (non-hydrogen) atoms. The molecule has 0 heterocycles. The van der Waals surface area contributed by atoms with Crippen LogP contribution in [0, 0.1) is 17.0 Å². The lowest BCUT2D eigenvalue weighted by atomic mass is 9.99. The predicted molar refractivity (Wildman–Crippen MR) is 52.3 cm³/mol. The molecule has 0 aromatic heterocycles. The summed E-state index contributed by atoms with van der Waals surface area (Å²) >= 11 is 0. The maximum atomic E-state index is 13.4. The summed E-state index contributed by atoms with van der Waals surface area (Å²) in [6.45, 7) is 0.217. The Labute approximate surface area is 86.7 Å². The summed E-state index contributed by atoms with van der Waals surface area (Å²) in [6.07, 6.45) is 0.625. The standard InChI is InChI=1S/C11H13F2NO/c12-7-1-2-10(13)8(3-7)9-4-11(9,5-14)6-15/h1-3,9,15H,4-6,14H2/t9-,11+/m0/s1. The molecule has 3 N–H and O–H groups in total. The van der Waals surface area contributed by atoms with E-state index in [-0.39, 0.29) is 12.5 Å². The van der Waals surface area contributed by atoms with E-state index in [2.05, 4.69) is 0 Å². The minimum absolute atomic E-state index is 0.0792. The van der Waals surface area contributed by atoms with Gasteiger partial charge in [-0.1, -0.05) is 0 Å². The van der Waals surface area contributed by atoms with Crippen molar-refractivity contribution in [1.82, 2.24) is 0 Å².